The number of ether oxygens (including phenoxy) is 1. The van der Waals surface area contributed by atoms with E-state index >= 15 is 0 Å². The van der Waals surface area contributed by atoms with Gasteiger partial charge in [0.25, 0.3) is 5.91 Å². The highest BCUT2D eigenvalue weighted by molar-refractivity contribution is 6.35. The molecule has 1 amide bonds. The molecule has 0 atom stereocenters. The Bertz CT molecular complexity index is 784. The summed E-state index contributed by atoms with van der Waals surface area (Å²) in [7, 11) is 0. The molecule has 0 spiro atoms. The fourth-order valence-corrected chi connectivity index (χ4v) is 2.36. The quantitative estimate of drug-likeness (QED) is 0.874. The summed E-state index contributed by atoms with van der Waals surface area (Å²) in [4.78, 5) is 12.1. The van der Waals surface area contributed by atoms with E-state index in [1.54, 1.807) is 18.2 Å². The Balaban J connectivity index is 2.05. The van der Waals surface area contributed by atoms with Gasteiger partial charge in [0.1, 0.15) is 5.75 Å². The molecular weight excluding hydrogens is 288 g/mol. The fourth-order valence-electron chi connectivity index (χ4n) is 2.36. The van der Waals surface area contributed by atoms with Crippen molar-refractivity contribution in [2.75, 3.05) is 11.9 Å². The zero-order chi connectivity index (χ0) is 15.7. The molecule has 22 heavy (non-hydrogen) atoms. The number of benzene rings is 2. The largest absolute Gasteiger partial charge is 0.494 e. The third-order valence-corrected chi connectivity index (χ3v) is 3.37. The number of amides is 1. The summed E-state index contributed by atoms with van der Waals surface area (Å²) in [6, 6.07) is 9.02. The molecule has 1 heterocycles. The van der Waals surface area contributed by atoms with Crippen molar-refractivity contribution in [3.8, 4) is 5.75 Å². The van der Waals surface area contributed by atoms with Crippen molar-refractivity contribution < 1.29 is 18.3 Å². The van der Waals surface area contributed by atoms with Gasteiger partial charge < -0.3 is 10.1 Å². The number of halogens is 2. The molecule has 112 valence electrons. The lowest BCUT2D eigenvalue weighted by atomic mass is 10.0. The highest BCUT2D eigenvalue weighted by atomic mass is 19.2. The number of rotatable bonds is 3. The van der Waals surface area contributed by atoms with Gasteiger partial charge in [0.15, 0.2) is 11.6 Å². The molecule has 0 unspecified atom stereocenters. The number of carbonyl (C=O) groups excluding carboxylic acids is 1. The van der Waals surface area contributed by atoms with Gasteiger partial charge in [-0.15, -0.1) is 0 Å². The molecule has 0 saturated carbocycles. The highest BCUT2D eigenvalue weighted by Crippen LogP contribution is 2.36. The number of fused-ring (bicyclic) bond motifs is 1. The highest BCUT2D eigenvalue weighted by Gasteiger charge is 2.25. The molecule has 0 aromatic heterocycles. The summed E-state index contributed by atoms with van der Waals surface area (Å²) in [6.45, 7) is 2.38. The first kappa shape index (κ1) is 14.3. The smallest absolute Gasteiger partial charge is 0.256 e. The van der Waals surface area contributed by atoms with E-state index in [0.717, 1.165) is 6.07 Å². The van der Waals surface area contributed by atoms with Gasteiger partial charge in [-0.3, -0.25) is 4.79 Å². The first-order valence-corrected chi connectivity index (χ1v) is 6.84. The first-order chi connectivity index (χ1) is 10.6. The van der Waals surface area contributed by atoms with Crippen LogP contribution in [-0.2, 0) is 4.79 Å². The lowest BCUT2D eigenvalue weighted by Crippen LogP contribution is -2.04. The monoisotopic (exact) mass is 301 g/mol. The van der Waals surface area contributed by atoms with E-state index < -0.39 is 11.6 Å². The van der Waals surface area contributed by atoms with Crippen LogP contribution in [0.5, 0.6) is 5.75 Å². The van der Waals surface area contributed by atoms with Gasteiger partial charge in [0, 0.05) is 22.8 Å². The lowest BCUT2D eigenvalue weighted by molar-refractivity contribution is -0.110. The average Bonchev–Trinajstić information content (AvgIpc) is 2.79. The van der Waals surface area contributed by atoms with Crippen molar-refractivity contribution in [1.82, 2.24) is 0 Å². The zero-order valence-corrected chi connectivity index (χ0v) is 11.8. The Morgan fingerprint density at radius 2 is 2.05 bits per heavy atom. The Kier molecular flexibility index (Phi) is 3.63. The molecule has 5 heteroatoms. The van der Waals surface area contributed by atoms with Crippen molar-refractivity contribution >= 4 is 23.2 Å². The van der Waals surface area contributed by atoms with E-state index in [1.165, 1.54) is 18.2 Å². The van der Waals surface area contributed by atoms with E-state index in [2.05, 4.69) is 5.32 Å². The van der Waals surface area contributed by atoms with Gasteiger partial charge in [-0.25, -0.2) is 8.78 Å². The van der Waals surface area contributed by atoms with Gasteiger partial charge in [-0.2, -0.15) is 0 Å². The Labute approximate surface area is 126 Å². The van der Waals surface area contributed by atoms with Crippen LogP contribution in [0.25, 0.3) is 11.6 Å². The van der Waals surface area contributed by atoms with Crippen molar-refractivity contribution in [1.29, 1.82) is 0 Å². The average molecular weight is 301 g/mol. The number of hydrogen-bond donors (Lipinski definition) is 1. The van der Waals surface area contributed by atoms with Gasteiger partial charge in [0.05, 0.1) is 12.3 Å². The SMILES string of the molecule is CCOc1ccc2c(c1)NC(=O)C2=Cc1cccc(F)c1F. The minimum absolute atomic E-state index is 0.0342. The molecule has 0 radical (unpaired) electrons. The second kappa shape index (κ2) is 5.60. The van der Waals surface area contributed by atoms with E-state index in [4.69, 9.17) is 4.74 Å². The van der Waals surface area contributed by atoms with Crippen LogP contribution in [0.1, 0.15) is 18.1 Å². The van der Waals surface area contributed by atoms with Crippen molar-refractivity contribution in [2.45, 2.75) is 6.92 Å². The summed E-state index contributed by atoms with van der Waals surface area (Å²) >= 11 is 0. The molecule has 0 bridgehead atoms. The third kappa shape index (κ3) is 2.45. The molecule has 2 aromatic carbocycles. The van der Waals surface area contributed by atoms with Crippen LogP contribution in [0, 0.1) is 11.6 Å². The van der Waals surface area contributed by atoms with Crippen LogP contribution in [0.2, 0.25) is 0 Å². The van der Waals surface area contributed by atoms with Crippen LogP contribution in [0.15, 0.2) is 36.4 Å². The van der Waals surface area contributed by atoms with E-state index in [-0.39, 0.29) is 11.5 Å². The minimum Gasteiger partial charge on any atom is -0.494 e. The Morgan fingerprint density at radius 1 is 1.23 bits per heavy atom. The van der Waals surface area contributed by atoms with E-state index in [1.807, 2.05) is 6.92 Å². The third-order valence-electron chi connectivity index (χ3n) is 3.37. The summed E-state index contributed by atoms with van der Waals surface area (Å²) in [6.07, 6.45) is 1.35. The summed E-state index contributed by atoms with van der Waals surface area (Å²) < 4.78 is 32.4. The standard InChI is InChI=1S/C17H13F2NO2/c1-2-22-11-6-7-12-13(17(21)20-15(12)9-11)8-10-4-3-5-14(18)16(10)19/h3-9H,2H2,1H3,(H,20,21). The maximum absolute atomic E-state index is 13.8. The van der Waals surface area contributed by atoms with E-state index in [9.17, 15) is 13.6 Å². The molecule has 1 aliphatic rings. The number of hydrogen-bond acceptors (Lipinski definition) is 2. The molecule has 1 aliphatic heterocycles. The predicted molar refractivity (Wildman–Crippen MR) is 80.5 cm³/mol. The van der Waals surface area contributed by atoms with Crippen LogP contribution >= 0.6 is 0 Å². The van der Waals surface area contributed by atoms with Gasteiger partial charge >= 0.3 is 0 Å². The second-order valence-electron chi connectivity index (χ2n) is 4.80. The predicted octanol–water partition coefficient (Wildman–Crippen LogP) is 3.86. The fraction of sp³-hybridized carbons (Fsp3) is 0.118. The summed E-state index contributed by atoms with van der Waals surface area (Å²) in [5.74, 6) is -1.63. The van der Waals surface area contributed by atoms with Crippen molar-refractivity contribution in [3.05, 3.63) is 59.2 Å². The first-order valence-electron chi connectivity index (χ1n) is 6.84. The second-order valence-corrected chi connectivity index (χ2v) is 4.80. The Hall–Kier alpha value is -2.69. The van der Waals surface area contributed by atoms with Gasteiger partial charge in [-0.05, 0) is 31.2 Å². The Morgan fingerprint density at radius 3 is 2.82 bits per heavy atom. The van der Waals surface area contributed by atoms with Crippen LogP contribution in [0.3, 0.4) is 0 Å². The molecule has 0 fully saturated rings. The zero-order valence-electron chi connectivity index (χ0n) is 11.8. The molecule has 0 saturated heterocycles. The summed E-state index contributed by atoms with van der Waals surface area (Å²) in [5, 5.41) is 2.70. The minimum atomic E-state index is -0.970. The molecule has 3 rings (SSSR count). The number of anilines is 1. The van der Waals surface area contributed by atoms with Crippen LogP contribution < -0.4 is 10.1 Å². The molecular formula is C17H13F2NO2. The van der Waals surface area contributed by atoms with Crippen LogP contribution in [-0.4, -0.2) is 12.5 Å². The molecule has 1 N–H and O–H groups in total. The van der Waals surface area contributed by atoms with Gasteiger partial charge in [-0.1, -0.05) is 12.1 Å². The topological polar surface area (TPSA) is 38.3 Å². The van der Waals surface area contributed by atoms with Crippen molar-refractivity contribution in [3.63, 3.8) is 0 Å². The van der Waals surface area contributed by atoms with Crippen molar-refractivity contribution in [2.24, 2.45) is 0 Å². The molecule has 2 aromatic rings. The maximum atomic E-state index is 13.8. The van der Waals surface area contributed by atoms with Crippen LogP contribution in [0.4, 0.5) is 14.5 Å². The number of nitrogens with one attached hydrogen (secondary N) is 1. The lowest BCUT2D eigenvalue weighted by Gasteiger charge is -2.05. The normalized spacial score (nSPS) is 14.9. The number of carbonyl (C=O) groups is 1. The van der Waals surface area contributed by atoms with Gasteiger partial charge in [0.2, 0.25) is 0 Å². The van der Waals surface area contributed by atoms with E-state index in [0.29, 0.717) is 29.2 Å². The maximum Gasteiger partial charge on any atom is 0.256 e. The molecule has 3 nitrogen and oxygen atoms in total. The summed E-state index contributed by atoms with van der Waals surface area (Å²) in [5.41, 5.74) is 1.56. The molecule has 0 aliphatic carbocycles.